The van der Waals surface area contributed by atoms with Crippen LogP contribution in [0, 0.1) is 10.8 Å². The summed E-state index contributed by atoms with van der Waals surface area (Å²) in [5, 5.41) is 9.81. The van der Waals surface area contributed by atoms with Crippen molar-refractivity contribution in [1.29, 1.82) is 0 Å². The zero-order chi connectivity index (χ0) is 13.6. The Balaban J connectivity index is 2.20. The summed E-state index contributed by atoms with van der Waals surface area (Å²) in [6.45, 7) is 0. The normalized spacial score (nSPS) is 37.3. The van der Waals surface area contributed by atoms with Gasteiger partial charge < -0.3 is 9.84 Å². The van der Waals surface area contributed by atoms with Crippen molar-refractivity contribution in [2.45, 2.75) is 44.0 Å². The lowest BCUT2D eigenvalue weighted by atomic mass is 9.54. The van der Waals surface area contributed by atoms with E-state index in [0.29, 0.717) is 38.5 Å². The largest absolute Gasteiger partial charge is 0.469 e. The smallest absolute Gasteiger partial charge is 0.311 e. The number of aliphatic hydroxyl groups is 1. The lowest BCUT2D eigenvalue weighted by molar-refractivity contribution is -0.165. The number of esters is 1. The van der Waals surface area contributed by atoms with Crippen LogP contribution in [0.25, 0.3) is 0 Å². The molecule has 0 aromatic rings. The van der Waals surface area contributed by atoms with Gasteiger partial charge in [0.2, 0.25) is 0 Å². The highest BCUT2D eigenvalue weighted by molar-refractivity contribution is 7.86. The van der Waals surface area contributed by atoms with Crippen LogP contribution in [0.5, 0.6) is 0 Å². The van der Waals surface area contributed by atoms with E-state index in [1.807, 2.05) is 0 Å². The Morgan fingerprint density at radius 2 is 1.61 bits per heavy atom. The molecule has 0 aromatic heterocycles. The van der Waals surface area contributed by atoms with Gasteiger partial charge in [0.25, 0.3) is 10.1 Å². The number of ether oxygens (including phenoxy) is 1. The van der Waals surface area contributed by atoms with Gasteiger partial charge in [-0.1, -0.05) is 0 Å². The van der Waals surface area contributed by atoms with Gasteiger partial charge in [0.15, 0.2) is 5.44 Å². The van der Waals surface area contributed by atoms with E-state index in [-0.39, 0.29) is 5.97 Å². The van der Waals surface area contributed by atoms with Gasteiger partial charge in [0.05, 0.1) is 12.5 Å². The van der Waals surface area contributed by atoms with E-state index in [1.54, 1.807) is 0 Å². The molecule has 0 unspecified atom stereocenters. The maximum Gasteiger partial charge on any atom is 0.311 e. The first-order valence-electron chi connectivity index (χ1n) is 5.99. The first kappa shape index (κ1) is 13.8. The molecular formula is C11H18O6S. The second kappa shape index (κ2) is 4.18. The molecule has 1 atom stereocenters. The third-order valence-corrected chi connectivity index (χ3v) is 5.79. The molecule has 3 aliphatic rings. The van der Waals surface area contributed by atoms with Crippen LogP contribution < -0.4 is 0 Å². The van der Waals surface area contributed by atoms with Crippen molar-refractivity contribution in [3.8, 4) is 0 Å². The third kappa shape index (κ3) is 1.94. The van der Waals surface area contributed by atoms with Gasteiger partial charge in [0.1, 0.15) is 0 Å². The van der Waals surface area contributed by atoms with E-state index in [0.717, 1.165) is 0 Å². The molecule has 0 spiro atoms. The van der Waals surface area contributed by atoms with Gasteiger partial charge in [-0.15, -0.1) is 0 Å². The Hall–Kier alpha value is -0.660. The predicted octanol–water partition coefficient (Wildman–Crippen LogP) is 0.706. The van der Waals surface area contributed by atoms with Crippen LogP contribution in [0.2, 0.25) is 0 Å². The zero-order valence-electron chi connectivity index (χ0n) is 10.3. The topological polar surface area (TPSA) is 101 Å². The minimum absolute atomic E-state index is 0.253. The third-order valence-electron chi connectivity index (χ3n) is 4.73. The van der Waals surface area contributed by atoms with Gasteiger partial charge in [-0.3, -0.25) is 9.35 Å². The van der Waals surface area contributed by atoms with Gasteiger partial charge in [-0.2, -0.15) is 8.42 Å². The fourth-order valence-corrected chi connectivity index (χ4v) is 4.41. The summed E-state index contributed by atoms with van der Waals surface area (Å²) in [5.74, 6) is -0.253. The van der Waals surface area contributed by atoms with E-state index in [2.05, 4.69) is 0 Å². The van der Waals surface area contributed by atoms with Crippen molar-refractivity contribution in [2.75, 3.05) is 7.11 Å². The van der Waals surface area contributed by atoms with Crippen molar-refractivity contribution in [2.24, 2.45) is 10.8 Å². The van der Waals surface area contributed by atoms with Crippen LogP contribution in [0.15, 0.2) is 0 Å². The summed E-state index contributed by atoms with van der Waals surface area (Å²) < 4.78 is 36.0. The lowest BCUT2D eigenvalue weighted by Gasteiger charge is -2.52. The quantitative estimate of drug-likeness (QED) is 0.582. The molecule has 2 bridgehead atoms. The first-order chi connectivity index (χ1) is 8.26. The van der Waals surface area contributed by atoms with Crippen molar-refractivity contribution in [3.63, 3.8) is 0 Å². The molecule has 0 radical (unpaired) electrons. The second-order valence-corrected chi connectivity index (χ2v) is 6.98. The molecule has 6 nitrogen and oxygen atoms in total. The Morgan fingerprint density at radius 3 is 1.94 bits per heavy atom. The number of fused-ring (bicyclic) bond motifs is 3. The number of hydrogen-bond donors (Lipinski definition) is 2. The Bertz CT molecular complexity index is 430. The van der Waals surface area contributed by atoms with Gasteiger partial charge in [-0.25, -0.2) is 0 Å². The highest BCUT2D eigenvalue weighted by Crippen LogP contribution is 2.59. The van der Waals surface area contributed by atoms with E-state index < -0.39 is 26.4 Å². The molecule has 3 saturated carbocycles. The van der Waals surface area contributed by atoms with Crippen LogP contribution in [-0.2, 0) is 19.6 Å². The summed E-state index contributed by atoms with van der Waals surface area (Å²) in [6.07, 6.45) is 2.78. The summed E-state index contributed by atoms with van der Waals surface area (Å²) in [5.41, 5.74) is -3.07. The molecule has 0 aliphatic heterocycles. The number of aliphatic hydroxyl groups excluding tert-OH is 1. The second-order valence-electron chi connectivity index (χ2n) is 5.50. The monoisotopic (exact) mass is 278 g/mol. The van der Waals surface area contributed by atoms with Crippen LogP contribution in [0.4, 0.5) is 0 Å². The molecule has 2 N–H and O–H groups in total. The SMILES string of the molecule is COC(=O)C12CCC([C@H](O)S(=O)(=O)O)(CC1)CC2. The molecule has 18 heavy (non-hydrogen) atoms. The Labute approximate surface area is 106 Å². The van der Waals surface area contributed by atoms with Crippen molar-refractivity contribution >= 4 is 16.1 Å². The van der Waals surface area contributed by atoms with Crippen LogP contribution in [0.1, 0.15) is 38.5 Å². The highest BCUT2D eigenvalue weighted by atomic mass is 32.2. The van der Waals surface area contributed by atoms with Gasteiger partial charge in [-0.05, 0) is 38.5 Å². The molecule has 3 rings (SSSR count). The van der Waals surface area contributed by atoms with Crippen LogP contribution >= 0.6 is 0 Å². The molecule has 0 amide bonds. The van der Waals surface area contributed by atoms with Gasteiger partial charge >= 0.3 is 5.97 Å². The fourth-order valence-electron chi connectivity index (χ4n) is 3.42. The van der Waals surface area contributed by atoms with E-state index >= 15 is 0 Å². The minimum Gasteiger partial charge on any atom is -0.469 e. The molecule has 0 heterocycles. The highest BCUT2D eigenvalue weighted by Gasteiger charge is 2.57. The number of rotatable bonds is 3. The predicted molar refractivity (Wildman–Crippen MR) is 62.1 cm³/mol. The van der Waals surface area contributed by atoms with Crippen molar-refractivity contribution < 1.29 is 27.6 Å². The van der Waals surface area contributed by atoms with E-state index in [1.165, 1.54) is 7.11 Å². The summed E-state index contributed by atoms with van der Waals surface area (Å²) in [4.78, 5) is 11.8. The number of carbonyl (C=O) groups is 1. The minimum atomic E-state index is -4.45. The van der Waals surface area contributed by atoms with Gasteiger partial charge in [0, 0.05) is 5.41 Å². The lowest BCUT2D eigenvalue weighted by Crippen LogP contribution is -2.52. The van der Waals surface area contributed by atoms with E-state index in [4.69, 9.17) is 9.29 Å². The molecule has 0 aromatic carbocycles. The Morgan fingerprint density at radius 1 is 1.17 bits per heavy atom. The molecule has 3 fully saturated rings. The zero-order valence-corrected chi connectivity index (χ0v) is 11.1. The molecule has 0 saturated heterocycles. The summed E-state index contributed by atoms with van der Waals surface area (Å²) in [7, 11) is -3.11. The van der Waals surface area contributed by atoms with E-state index in [9.17, 15) is 18.3 Å². The van der Waals surface area contributed by atoms with Crippen molar-refractivity contribution in [1.82, 2.24) is 0 Å². The maximum absolute atomic E-state index is 11.8. The standard InChI is InChI=1S/C11H18O6S/c1-17-8(12)10-2-5-11(6-3-10,7-4-10)9(13)18(14,15)16/h9,13H,2-7H2,1H3,(H,14,15,16)/t9-,10?,11?/m1/s1. The Kier molecular flexibility index (Phi) is 3.19. The molecule has 7 heteroatoms. The number of carbonyl (C=O) groups excluding carboxylic acids is 1. The summed E-state index contributed by atoms with van der Waals surface area (Å²) in [6, 6.07) is 0. The molecule has 3 aliphatic carbocycles. The number of methoxy groups -OCH3 is 1. The number of hydrogen-bond acceptors (Lipinski definition) is 5. The fraction of sp³-hybridized carbons (Fsp3) is 0.909. The summed E-state index contributed by atoms with van der Waals surface area (Å²) >= 11 is 0. The average molecular weight is 278 g/mol. The van der Waals surface area contributed by atoms with Crippen molar-refractivity contribution in [3.05, 3.63) is 0 Å². The van der Waals surface area contributed by atoms with Crippen LogP contribution in [-0.4, -0.2) is 36.6 Å². The molecule has 104 valence electrons. The average Bonchev–Trinajstić information content (AvgIpc) is 2.38. The maximum atomic E-state index is 11.8. The first-order valence-corrected chi connectivity index (χ1v) is 7.49. The van der Waals surface area contributed by atoms with Crippen LogP contribution in [0.3, 0.4) is 0 Å². The molecular weight excluding hydrogens is 260 g/mol.